The Kier molecular flexibility index (Phi) is 3.29. The minimum Gasteiger partial charge on any atom is -0.391 e. The fraction of sp³-hybridized carbons (Fsp3) is 0.688. The molecule has 0 aliphatic heterocycles. The Labute approximate surface area is 130 Å². The lowest BCUT2D eigenvalue weighted by molar-refractivity contribution is 0.0700. The van der Waals surface area contributed by atoms with Gasteiger partial charge in [0.1, 0.15) is 11.5 Å². The van der Waals surface area contributed by atoms with E-state index in [1.165, 1.54) is 18.5 Å². The standard InChI is InChI=1S/C16H23N5O/c1-10-17-16(12-9-14(11-7-8-11)20(2)19-12)21(18-10)13-5-3-4-6-15(13)22/h9,11,13,15,22H,3-8H2,1-2H3/t13-,15-/m1/s1. The maximum absolute atomic E-state index is 10.3. The summed E-state index contributed by atoms with van der Waals surface area (Å²) in [6, 6.07) is 2.17. The molecular formula is C16H23N5O. The monoisotopic (exact) mass is 301 g/mol. The van der Waals surface area contributed by atoms with Crippen molar-refractivity contribution in [2.24, 2.45) is 7.05 Å². The van der Waals surface area contributed by atoms with Gasteiger partial charge in [-0.25, -0.2) is 9.67 Å². The normalized spacial score (nSPS) is 25.6. The Morgan fingerprint density at radius 3 is 2.64 bits per heavy atom. The van der Waals surface area contributed by atoms with Gasteiger partial charge in [0.2, 0.25) is 0 Å². The van der Waals surface area contributed by atoms with E-state index in [9.17, 15) is 5.11 Å². The van der Waals surface area contributed by atoms with Crippen LogP contribution in [0, 0.1) is 6.92 Å². The molecule has 2 atom stereocenters. The summed E-state index contributed by atoms with van der Waals surface area (Å²) < 4.78 is 3.89. The van der Waals surface area contributed by atoms with Crippen molar-refractivity contribution < 1.29 is 5.11 Å². The van der Waals surface area contributed by atoms with Crippen LogP contribution < -0.4 is 0 Å². The number of aromatic nitrogens is 5. The third-order valence-electron chi connectivity index (χ3n) is 4.89. The SMILES string of the molecule is Cc1nc(-c2cc(C3CC3)n(C)n2)n([C@@H]2CCCC[C@H]2O)n1. The van der Waals surface area contributed by atoms with Gasteiger partial charge in [-0.05, 0) is 38.7 Å². The van der Waals surface area contributed by atoms with E-state index in [-0.39, 0.29) is 12.1 Å². The molecule has 0 amide bonds. The summed E-state index contributed by atoms with van der Waals surface area (Å²) in [5.41, 5.74) is 2.16. The first-order valence-corrected chi connectivity index (χ1v) is 8.29. The van der Waals surface area contributed by atoms with Gasteiger partial charge in [-0.3, -0.25) is 4.68 Å². The summed E-state index contributed by atoms with van der Waals surface area (Å²) >= 11 is 0. The first-order chi connectivity index (χ1) is 10.6. The average molecular weight is 301 g/mol. The summed E-state index contributed by atoms with van der Waals surface area (Å²) in [5, 5.41) is 19.6. The van der Waals surface area contributed by atoms with Crippen LogP contribution in [-0.4, -0.2) is 35.8 Å². The topological polar surface area (TPSA) is 68.8 Å². The second-order valence-corrected chi connectivity index (χ2v) is 6.70. The van der Waals surface area contributed by atoms with E-state index < -0.39 is 0 Å². The van der Waals surface area contributed by atoms with E-state index in [4.69, 9.17) is 0 Å². The van der Waals surface area contributed by atoms with E-state index in [0.29, 0.717) is 5.92 Å². The molecule has 0 bridgehead atoms. The molecule has 2 aliphatic carbocycles. The summed E-state index contributed by atoms with van der Waals surface area (Å²) in [4.78, 5) is 4.59. The Balaban J connectivity index is 1.73. The molecule has 118 valence electrons. The molecule has 2 aromatic rings. The number of hydrogen-bond acceptors (Lipinski definition) is 4. The zero-order valence-corrected chi connectivity index (χ0v) is 13.2. The molecule has 22 heavy (non-hydrogen) atoms. The molecule has 2 saturated carbocycles. The summed E-state index contributed by atoms with van der Waals surface area (Å²) in [7, 11) is 2.00. The van der Waals surface area contributed by atoms with Crippen molar-refractivity contribution in [3.8, 4) is 11.5 Å². The molecule has 0 radical (unpaired) electrons. The van der Waals surface area contributed by atoms with Crippen molar-refractivity contribution in [3.63, 3.8) is 0 Å². The molecule has 2 aromatic heterocycles. The quantitative estimate of drug-likeness (QED) is 0.945. The van der Waals surface area contributed by atoms with Gasteiger partial charge in [-0.1, -0.05) is 12.8 Å². The van der Waals surface area contributed by atoms with Crippen LogP contribution >= 0.6 is 0 Å². The maximum atomic E-state index is 10.3. The van der Waals surface area contributed by atoms with Crippen LogP contribution in [0.15, 0.2) is 6.07 Å². The predicted molar refractivity (Wildman–Crippen MR) is 82.4 cm³/mol. The van der Waals surface area contributed by atoms with Gasteiger partial charge in [-0.15, -0.1) is 0 Å². The highest BCUT2D eigenvalue weighted by Crippen LogP contribution is 2.41. The van der Waals surface area contributed by atoms with Crippen LogP contribution in [0.4, 0.5) is 0 Å². The zero-order chi connectivity index (χ0) is 15.3. The summed E-state index contributed by atoms with van der Waals surface area (Å²) in [6.45, 7) is 1.90. The largest absolute Gasteiger partial charge is 0.391 e. The molecule has 0 aromatic carbocycles. The van der Waals surface area contributed by atoms with Crippen molar-refractivity contribution in [1.29, 1.82) is 0 Å². The van der Waals surface area contributed by atoms with Crippen molar-refractivity contribution >= 4 is 0 Å². The van der Waals surface area contributed by atoms with E-state index in [0.717, 1.165) is 43.0 Å². The summed E-state index contributed by atoms with van der Waals surface area (Å²) in [5.74, 6) is 2.20. The van der Waals surface area contributed by atoms with Gasteiger partial charge in [-0.2, -0.15) is 10.2 Å². The first-order valence-electron chi connectivity index (χ1n) is 8.29. The van der Waals surface area contributed by atoms with Crippen LogP contribution in [0.25, 0.3) is 11.5 Å². The minimum atomic E-state index is -0.333. The molecule has 0 saturated heterocycles. The molecule has 4 rings (SSSR count). The maximum Gasteiger partial charge on any atom is 0.179 e. The summed E-state index contributed by atoms with van der Waals surface area (Å²) in [6.07, 6.45) is 6.21. The average Bonchev–Trinajstić information content (AvgIpc) is 3.16. The number of aliphatic hydroxyl groups is 1. The van der Waals surface area contributed by atoms with Gasteiger partial charge in [0.05, 0.1) is 12.1 Å². The molecule has 0 spiro atoms. The van der Waals surface area contributed by atoms with Crippen LogP contribution in [-0.2, 0) is 7.05 Å². The zero-order valence-electron chi connectivity index (χ0n) is 13.2. The molecule has 1 N–H and O–H groups in total. The molecule has 2 aliphatic rings. The lowest BCUT2D eigenvalue weighted by Crippen LogP contribution is -2.29. The van der Waals surface area contributed by atoms with E-state index in [1.54, 1.807) is 0 Å². The number of aliphatic hydroxyl groups excluding tert-OH is 1. The van der Waals surface area contributed by atoms with E-state index in [1.807, 2.05) is 23.3 Å². The van der Waals surface area contributed by atoms with Crippen molar-refractivity contribution in [2.45, 2.75) is 63.5 Å². The van der Waals surface area contributed by atoms with Gasteiger partial charge in [0.25, 0.3) is 0 Å². The van der Waals surface area contributed by atoms with Crippen molar-refractivity contribution in [1.82, 2.24) is 24.5 Å². The van der Waals surface area contributed by atoms with Crippen molar-refractivity contribution in [2.75, 3.05) is 0 Å². The molecule has 0 unspecified atom stereocenters. The van der Waals surface area contributed by atoms with Gasteiger partial charge >= 0.3 is 0 Å². The predicted octanol–water partition coefficient (Wildman–Crippen LogP) is 2.34. The van der Waals surface area contributed by atoms with Gasteiger partial charge < -0.3 is 5.11 Å². The highest BCUT2D eigenvalue weighted by molar-refractivity contribution is 5.51. The highest BCUT2D eigenvalue weighted by atomic mass is 16.3. The van der Waals surface area contributed by atoms with Gasteiger partial charge in [0, 0.05) is 18.7 Å². The molecule has 6 nitrogen and oxygen atoms in total. The first kappa shape index (κ1) is 13.9. The molecular weight excluding hydrogens is 278 g/mol. The molecule has 2 heterocycles. The van der Waals surface area contributed by atoms with Crippen LogP contribution in [0.2, 0.25) is 0 Å². The second-order valence-electron chi connectivity index (χ2n) is 6.70. The number of aryl methyl sites for hydroxylation is 2. The third kappa shape index (κ3) is 2.35. The highest BCUT2D eigenvalue weighted by Gasteiger charge is 2.31. The third-order valence-corrected chi connectivity index (χ3v) is 4.89. The van der Waals surface area contributed by atoms with Crippen LogP contribution in [0.5, 0.6) is 0 Å². The van der Waals surface area contributed by atoms with Crippen molar-refractivity contribution in [3.05, 3.63) is 17.6 Å². The second kappa shape index (κ2) is 5.19. The Morgan fingerprint density at radius 1 is 1.14 bits per heavy atom. The number of rotatable bonds is 3. The van der Waals surface area contributed by atoms with E-state index >= 15 is 0 Å². The minimum absolute atomic E-state index is 0.0244. The lowest BCUT2D eigenvalue weighted by Gasteiger charge is -2.28. The molecule has 6 heteroatoms. The van der Waals surface area contributed by atoms with E-state index in [2.05, 4.69) is 21.2 Å². The Bertz CT molecular complexity index is 685. The van der Waals surface area contributed by atoms with Gasteiger partial charge in [0.15, 0.2) is 5.82 Å². The van der Waals surface area contributed by atoms with Crippen LogP contribution in [0.3, 0.4) is 0 Å². The fourth-order valence-corrected chi connectivity index (χ4v) is 3.57. The molecule has 2 fully saturated rings. The number of hydrogen-bond donors (Lipinski definition) is 1. The fourth-order valence-electron chi connectivity index (χ4n) is 3.57. The smallest absolute Gasteiger partial charge is 0.179 e. The Morgan fingerprint density at radius 2 is 1.91 bits per heavy atom. The Hall–Kier alpha value is -1.69. The number of nitrogens with zero attached hydrogens (tertiary/aromatic N) is 5. The lowest BCUT2D eigenvalue weighted by atomic mass is 9.92. The van der Waals surface area contributed by atoms with Crippen LogP contribution in [0.1, 0.15) is 62.0 Å².